The van der Waals surface area contributed by atoms with E-state index in [1.807, 2.05) is 37.4 Å². The van der Waals surface area contributed by atoms with Crippen molar-refractivity contribution in [1.82, 2.24) is 0 Å². The first-order chi connectivity index (χ1) is 15.3. The second kappa shape index (κ2) is 10.3. The molecule has 4 aromatic rings. The van der Waals surface area contributed by atoms with Crippen molar-refractivity contribution in [3.05, 3.63) is 144 Å². The van der Waals surface area contributed by atoms with Crippen LogP contribution in [0, 0.1) is 0 Å². The van der Waals surface area contributed by atoms with Gasteiger partial charge in [0.05, 0.1) is 11.8 Å². The van der Waals surface area contributed by atoms with Crippen LogP contribution < -0.4 is 0 Å². The molecule has 31 heavy (non-hydrogen) atoms. The Morgan fingerprint density at radius 2 is 0.839 bits per heavy atom. The number of aliphatic imine (C=N–C) groups is 2. The van der Waals surface area contributed by atoms with E-state index in [9.17, 15) is 0 Å². The predicted octanol–water partition coefficient (Wildman–Crippen LogP) is 7.10. The Hall–Kier alpha value is -3.78. The molecule has 0 aliphatic rings. The molecule has 0 saturated heterocycles. The fourth-order valence-corrected chi connectivity index (χ4v) is 3.67. The third-order valence-corrected chi connectivity index (χ3v) is 5.20. The van der Waals surface area contributed by atoms with Crippen molar-refractivity contribution in [1.29, 1.82) is 0 Å². The summed E-state index contributed by atoms with van der Waals surface area (Å²) in [5.41, 5.74) is 5.57. The van der Waals surface area contributed by atoms with Gasteiger partial charge in [-0.2, -0.15) is 0 Å². The van der Waals surface area contributed by atoms with E-state index in [0.717, 1.165) is 5.71 Å². The lowest BCUT2D eigenvalue weighted by Gasteiger charge is -2.15. The summed E-state index contributed by atoms with van der Waals surface area (Å²) in [5.74, 6) is 0. The van der Waals surface area contributed by atoms with E-state index in [-0.39, 0.29) is 12.1 Å². The molecule has 0 unspecified atom stereocenters. The second-order valence-corrected chi connectivity index (χ2v) is 7.50. The first-order valence-corrected chi connectivity index (χ1v) is 10.6. The van der Waals surface area contributed by atoms with Gasteiger partial charge in [0, 0.05) is 6.21 Å². The normalized spacial score (nSPS) is 12.0. The van der Waals surface area contributed by atoms with Crippen LogP contribution in [0.3, 0.4) is 0 Å². The maximum atomic E-state index is 5.04. The van der Waals surface area contributed by atoms with E-state index in [1.165, 1.54) is 22.3 Å². The van der Waals surface area contributed by atoms with Gasteiger partial charge in [-0.3, -0.25) is 9.98 Å². The second-order valence-electron chi connectivity index (χ2n) is 7.50. The molecule has 0 aliphatic carbocycles. The SMILES string of the molecule is CC(C=NC(c1ccccc1)c1ccccc1)=NC(c1ccccc1)c1ccccc1. The molecule has 0 spiro atoms. The molecule has 0 amide bonds. The Labute approximate surface area is 184 Å². The van der Waals surface area contributed by atoms with Crippen molar-refractivity contribution in [2.45, 2.75) is 19.0 Å². The van der Waals surface area contributed by atoms with Crippen molar-refractivity contribution < 1.29 is 0 Å². The van der Waals surface area contributed by atoms with E-state index in [1.54, 1.807) is 0 Å². The highest BCUT2D eigenvalue weighted by Gasteiger charge is 2.14. The molecule has 0 fully saturated rings. The molecule has 0 radical (unpaired) electrons. The van der Waals surface area contributed by atoms with Crippen LogP contribution in [0.1, 0.15) is 41.3 Å². The van der Waals surface area contributed by atoms with Gasteiger partial charge < -0.3 is 0 Å². The van der Waals surface area contributed by atoms with Gasteiger partial charge >= 0.3 is 0 Å². The zero-order valence-electron chi connectivity index (χ0n) is 17.7. The number of hydrogen-bond acceptors (Lipinski definition) is 2. The van der Waals surface area contributed by atoms with Crippen LogP contribution >= 0.6 is 0 Å². The monoisotopic (exact) mass is 402 g/mol. The Balaban J connectivity index is 1.67. The van der Waals surface area contributed by atoms with E-state index in [2.05, 4.69) is 97.1 Å². The predicted molar refractivity (Wildman–Crippen MR) is 131 cm³/mol. The van der Waals surface area contributed by atoms with Gasteiger partial charge in [0.1, 0.15) is 6.04 Å². The molecule has 0 bridgehead atoms. The third-order valence-electron chi connectivity index (χ3n) is 5.20. The lowest BCUT2D eigenvalue weighted by Crippen LogP contribution is -2.05. The largest absolute Gasteiger partial charge is 0.278 e. The summed E-state index contributed by atoms with van der Waals surface area (Å²) in [6, 6.07) is 41.5. The summed E-state index contributed by atoms with van der Waals surface area (Å²) < 4.78 is 0. The van der Waals surface area contributed by atoms with Gasteiger partial charge in [-0.05, 0) is 29.2 Å². The van der Waals surface area contributed by atoms with E-state index in [4.69, 9.17) is 9.98 Å². The summed E-state index contributed by atoms with van der Waals surface area (Å²) in [6.07, 6.45) is 1.91. The lowest BCUT2D eigenvalue weighted by atomic mass is 9.99. The maximum absolute atomic E-state index is 5.04. The minimum Gasteiger partial charge on any atom is -0.278 e. The molecule has 2 nitrogen and oxygen atoms in total. The highest BCUT2D eigenvalue weighted by Crippen LogP contribution is 2.27. The Bertz CT molecular complexity index is 1040. The average molecular weight is 403 g/mol. The molecule has 0 aliphatic heterocycles. The molecule has 152 valence electrons. The minimum atomic E-state index is -0.0561. The number of nitrogens with zero attached hydrogens (tertiary/aromatic N) is 2. The van der Waals surface area contributed by atoms with E-state index < -0.39 is 0 Å². The van der Waals surface area contributed by atoms with Crippen molar-refractivity contribution in [2.24, 2.45) is 9.98 Å². The summed E-state index contributed by atoms with van der Waals surface area (Å²) in [4.78, 5) is 9.99. The quantitative estimate of drug-likeness (QED) is 0.295. The highest BCUT2D eigenvalue weighted by atomic mass is 14.8. The first-order valence-electron chi connectivity index (χ1n) is 10.6. The van der Waals surface area contributed by atoms with Gasteiger partial charge in [0.25, 0.3) is 0 Å². The molecule has 0 N–H and O–H groups in total. The van der Waals surface area contributed by atoms with Gasteiger partial charge in [0.15, 0.2) is 0 Å². The number of rotatable bonds is 7. The van der Waals surface area contributed by atoms with Crippen LogP contribution in [-0.4, -0.2) is 11.9 Å². The number of hydrogen-bond donors (Lipinski definition) is 0. The molecule has 4 rings (SSSR count). The van der Waals surface area contributed by atoms with Crippen molar-refractivity contribution >= 4 is 11.9 Å². The van der Waals surface area contributed by atoms with Crippen molar-refractivity contribution in [3.8, 4) is 0 Å². The molecule has 4 aromatic carbocycles. The Morgan fingerprint density at radius 1 is 0.516 bits per heavy atom. The Morgan fingerprint density at radius 3 is 1.19 bits per heavy atom. The van der Waals surface area contributed by atoms with Crippen LogP contribution in [0.2, 0.25) is 0 Å². The van der Waals surface area contributed by atoms with Crippen LogP contribution in [-0.2, 0) is 0 Å². The minimum absolute atomic E-state index is 0.0549. The van der Waals surface area contributed by atoms with Crippen LogP contribution in [0.25, 0.3) is 0 Å². The highest BCUT2D eigenvalue weighted by molar-refractivity contribution is 6.29. The molecule has 2 heteroatoms. The molecular weight excluding hydrogens is 376 g/mol. The first kappa shape index (κ1) is 20.5. The van der Waals surface area contributed by atoms with Crippen LogP contribution in [0.15, 0.2) is 131 Å². The molecular formula is C29H26N2. The molecule has 0 saturated carbocycles. The number of benzene rings is 4. The van der Waals surface area contributed by atoms with E-state index in [0.29, 0.717) is 0 Å². The summed E-state index contributed by atoms with van der Waals surface area (Å²) in [7, 11) is 0. The topological polar surface area (TPSA) is 24.7 Å². The average Bonchev–Trinajstić information content (AvgIpc) is 2.85. The standard InChI is InChI=1S/C29H26N2/c1-23(31-29(26-18-10-4-11-19-26)27-20-12-5-13-21-27)22-30-28(24-14-6-2-7-15-24)25-16-8-3-9-17-25/h2-22,28-29H,1H3. The van der Waals surface area contributed by atoms with Gasteiger partial charge in [0.2, 0.25) is 0 Å². The van der Waals surface area contributed by atoms with E-state index >= 15 is 0 Å². The van der Waals surface area contributed by atoms with Crippen molar-refractivity contribution in [3.63, 3.8) is 0 Å². The van der Waals surface area contributed by atoms with Gasteiger partial charge in [-0.15, -0.1) is 0 Å². The van der Waals surface area contributed by atoms with Crippen LogP contribution in [0.4, 0.5) is 0 Å². The fourth-order valence-electron chi connectivity index (χ4n) is 3.67. The lowest BCUT2D eigenvalue weighted by molar-refractivity contribution is 0.868. The maximum Gasteiger partial charge on any atom is 0.100 e. The van der Waals surface area contributed by atoms with Crippen molar-refractivity contribution in [2.75, 3.05) is 0 Å². The fraction of sp³-hybridized carbons (Fsp3) is 0.103. The molecule has 0 atom stereocenters. The zero-order chi connectivity index (χ0) is 21.3. The zero-order valence-corrected chi connectivity index (χ0v) is 17.7. The molecule has 0 heterocycles. The summed E-state index contributed by atoms with van der Waals surface area (Å²) >= 11 is 0. The smallest absolute Gasteiger partial charge is 0.100 e. The Kier molecular flexibility index (Phi) is 6.81. The third kappa shape index (κ3) is 5.43. The summed E-state index contributed by atoms with van der Waals surface area (Å²) in [5, 5.41) is 0. The van der Waals surface area contributed by atoms with Gasteiger partial charge in [-0.25, -0.2) is 0 Å². The summed E-state index contributed by atoms with van der Waals surface area (Å²) in [6.45, 7) is 2.02. The molecule has 0 aromatic heterocycles. The van der Waals surface area contributed by atoms with Crippen LogP contribution in [0.5, 0.6) is 0 Å². The van der Waals surface area contributed by atoms with Gasteiger partial charge in [-0.1, -0.05) is 121 Å².